The Morgan fingerprint density at radius 3 is 2.63 bits per heavy atom. The lowest BCUT2D eigenvalue weighted by atomic mass is 10.1. The number of methoxy groups -OCH3 is 1. The highest BCUT2D eigenvalue weighted by molar-refractivity contribution is 5.43. The van der Waals surface area contributed by atoms with Crippen molar-refractivity contribution in [3.05, 3.63) is 47.5 Å². The third kappa shape index (κ3) is 7.16. The van der Waals surface area contributed by atoms with Gasteiger partial charge in [0.05, 0.1) is 13.7 Å². The highest BCUT2D eigenvalue weighted by atomic mass is 19.4. The summed E-state index contributed by atoms with van der Waals surface area (Å²) in [6, 6.07) is 7.14. The molecular formula is C22H28F3N3O2. The van der Waals surface area contributed by atoms with Gasteiger partial charge in [-0.25, -0.2) is 9.97 Å². The smallest absolute Gasteiger partial charge is 0.389 e. The van der Waals surface area contributed by atoms with Crippen LogP contribution in [0.15, 0.2) is 30.5 Å². The van der Waals surface area contributed by atoms with E-state index < -0.39 is 12.6 Å². The Morgan fingerprint density at radius 1 is 1.10 bits per heavy atom. The summed E-state index contributed by atoms with van der Waals surface area (Å²) < 4.78 is 48.7. The number of ether oxygens (including phenoxy) is 2. The van der Waals surface area contributed by atoms with Crippen molar-refractivity contribution in [2.75, 3.05) is 33.4 Å². The largest absolute Gasteiger partial charge is 0.493 e. The first-order valence-corrected chi connectivity index (χ1v) is 10.3. The van der Waals surface area contributed by atoms with Crippen LogP contribution in [0.25, 0.3) is 0 Å². The van der Waals surface area contributed by atoms with Crippen molar-refractivity contribution in [3.8, 4) is 11.5 Å². The van der Waals surface area contributed by atoms with Crippen molar-refractivity contribution in [3.63, 3.8) is 0 Å². The van der Waals surface area contributed by atoms with E-state index in [1.165, 1.54) is 38.2 Å². The first kappa shape index (κ1) is 22.3. The van der Waals surface area contributed by atoms with Gasteiger partial charge in [0, 0.05) is 31.3 Å². The van der Waals surface area contributed by atoms with E-state index >= 15 is 0 Å². The maximum absolute atomic E-state index is 12.4. The van der Waals surface area contributed by atoms with Crippen LogP contribution in [-0.4, -0.2) is 54.4 Å². The van der Waals surface area contributed by atoms with Crippen LogP contribution in [0.2, 0.25) is 0 Å². The van der Waals surface area contributed by atoms with Crippen LogP contribution in [0.4, 0.5) is 13.2 Å². The SMILES string of the molecule is COc1ccc(Cc2nccc(CCC(F)(F)F)n2)cc1OCCCN1CCCC1. The van der Waals surface area contributed by atoms with Gasteiger partial charge in [-0.1, -0.05) is 6.07 Å². The molecule has 1 saturated heterocycles. The van der Waals surface area contributed by atoms with E-state index in [2.05, 4.69) is 14.9 Å². The summed E-state index contributed by atoms with van der Waals surface area (Å²) in [5.41, 5.74) is 1.31. The fourth-order valence-electron chi connectivity index (χ4n) is 3.54. The van der Waals surface area contributed by atoms with Gasteiger partial charge in [0.1, 0.15) is 5.82 Å². The van der Waals surface area contributed by atoms with Gasteiger partial charge in [-0.2, -0.15) is 13.2 Å². The van der Waals surface area contributed by atoms with E-state index in [1.54, 1.807) is 7.11 Å². The first-order chi connectivity index (χ1) is 14.4. The van der Waals surface area contributed by atoms with Crippen LogP contribution in [0.3, 0.4) is 0 Å². The summed E-state index contributed by atoms with van der Waals surface area (Å²) in [7, 11) is 1.60. The van der Waals surface area contributed by atoms with Crippen molar-refractivity contribution in [1.82, 2.24) is 14.9 Å². The molecule has 8 heteroatoms. The normalized spacial score (nSPS) is 14.8. The summed E-state index contributed by atoms with van der Waals surface area (Å²) in [5.74, 6) is 1.80. The molecule has 0 N–H and O–H groups in total. The minimum absolute atomic E-state index is 0.146. The molecule has 5 nitrogen and oxygen atoms in total. The van der Waals surface area contributed by atoms with Gasteiger partial charge in [-0.3, -0.25) is 0 Å². The summed E-state index contributed by atoms with van der Waals surface area (Å²) in [6.07, 6.45) is 0.183. The monoisotopic (exact) mass is 423 g/mol. The molecule has 3 rings (SSSR count). The van der Waals surface area contributed by atoms with E-state index in [4.69, 9.17) is 9.47 Å². The number of benzene rings is 1. The molecule has 0 spiro atoms. The lowest BCUT2D eigenvalue weighted by molar-refractivity contribution is -0.134. The van der Waals surface area contributed by atoms with E-state index in [9.17, 15) is 13.2 Å². The van der Waals surface area contributed by atoms with Gasteiger partial charge in [0.2, 0.25) is 0 Å². The number of aromatic nitrogens is 2. The Morgan fingerprint density at radius 2 is 1.90 bits per heavy atom. The zero-order valence-electron chi connectivity index (χ0n) is 17.2. The minimum Gasteiger partial charge on any atom is -0.493 e. The predicted molar refractivity (Wildman–Crippen MR) is 108 cm³/mol. The fraction of sp³-hybridized carbons (Fsp3) is 0.545. The van der Waals surface area contributed by atoms with Crippen LogP contribution in [0.1, 0.15) is 42.8 Å². The number of hydrogen-bond acceptors (Lipinski definition) is 5. The van der Waals surface area contributed by atoms with Crippen molar-refractivity contribution in [2.45, 2.75) is 44.7 Å². The topological polar surface area (TPSA) is 47.5 Å². The van der Waals surface area contributed by atoms with E-state index in [1.807, 2.05) is 18.2 Å². The maximum atomic E-state index is 12.4. The number of halogens is 3. The molecular weight excluding hydrogens is 395 g/mol. The summed E-state index contributed by atoms with van der Waals surface area (Å²) >= 11 is 0. The number of hydrogen-bond donors (Lipinski definition) is 0. The molecule has 0 aliphatic carbocycles. The standard InChI is InChI=1S/C22H28F3N3O2/c1-29-19-6-5-17(15-20(19)30-14-4-13-28-11-2-3-12-28)16-21-26-10-8-18(27-21)7-9-22(23,24)25/h5-6,8,10,15H,2-4,7,9,11-14,16H2,1H3. The van der Waals surface area contributed by atoms with Gasteiger partial charge in [0.25, 0.3) is 0 Å². The molecule has 1 aliphatic rings. The van der Waals surface area contributed by atoms with E-state index in [0.29, 0.717) is 36.0 Å². The third-order valence-corrected chi connectivity index (χ3v) is 5.09. The summed E-state index contributed by atoms with van der Waals surface area (Å²) in [5, 5.41) is 0. The van der Waals surface area contributed by atoms with Crippen molar-refractivity contribution >= 4 is 0 Å². The number of alkyl halides is 3. The Kier molecular flexibility index (Phi) is 7.90. The second-order valence-electron chi connectivity index (χ2n) is 7.49. The van der Waals surface area contributed by atoms with Gasteiger partial charge in [-0.05, 0) is 62.5 Å². The highest BCUT2D eigenvalue weighted by Crippen LogP contribution is 2.29. The third-order valence-electron chi connectivity index (χ3n) is 5.09. The van der Waals surface area contributed by atoms with Gasteiger partial charge in [-0.15, -0.1) is 0 Å². The first-order valence-electron chi connectivity index (χ1n) is 10.3. The molecule has 0 atom stereocenters. The average molecular weight is 423 g/mol. The van der Waals surface area contributed by atoms with E-state index in [0.717, 1.165) is 18.5 Å². The molecule has 1 fully saturated rings. The lowest BCUT2D eigenvalue weighted by Crippen LogP contribution is -2.21. The van der Waals surface area contributed by atoms with Crippen LogP contribution < -0.4 is 9.47 Å². The number of likely N-dealkylation sites (tertiary alicyclic amines) is 1. The maximum Gasteiger partial charge on any atom is 0.389 e. The van der Waals surface area contributed by atoms with Crippen LogP contribution >= 0.6 is 0 Å². The summed E-state index contributed by atoms with van der Waals surface area (Å²) in [6.45, 7) is 3.96. The van der Waals surface area contributed by atoms with Crippen molar-refractivity contribution < 1.29 is 22.6 Å². The average Bonchev–Trinajstić information content (AvgIpc) is 3.23. The number of nitrogens with zero attached hydrogens (tertiary/aromatic N) is 3. The summed E-state index contributed by atoms with van der Waals surface area (Å²) in [4.78, 5) is 10.9. The highest BCUT2D eigenvalue weighted by Gasteiger charge is 2.26. The Bertz CT molecular complexity index is 808. The molecule has 2 heterocycles. The molecule has 0 bridgehead atoms. The molecule has 1 aliphatic heterocycles. The molecule has 0 amide bonds. The van der Waals surface area contributed by atoms with Crippen LogP contribution in [-0.2, 0) is 12.8 Å². The minimum atomic E-state index is -4.19. The Balaban J connectivity index is 1.58. The quantitative estimate of drug-likeness (QED) is 0.529. The van der Waals surface area contributed by atoms with Gasteiger partial charge in [0.15, 0.2) is 11.5 Å². The molecule has 0 unspecified atom stereocenters. The zero-order chi connectivity index (χ0) is 21.4. The molecule has 2 aromatic rings. The Labute approximate surface area is 175 Å². The second kappa shape index (κ2) is 10.6. The lowest BCUT2D eigenvalue weighted by Gasteiger charge is -2.16. The molecule has 1 aromatic carbocycles. The second-order valence-corrected chi connectivity index (χ2v) is 7.49. The predicted octanol–water partition coefficient (Wildman–Crippen LogP) is 4.44. The molecule has 164 valence electrons. The van der Waals surface area contributed by atoms with E-state index in [-0.39, 0.29) is 6.42 Å². The van der Waals surface area contributed by atoms with Gasteiger partial charge < -0.3 is 14.4 Å². The fourth-order valence-corrected chi connectivity index (χ4v) is 3.54. The van der Waals surface area contributed by atoms with Crippen LogP contribution in [0.5, 0.6) is 11.5 Å². The van der Waals surface area contributed by atoms with Gasteiger partial charge >= 0.3 is 6.18 Å². The molecule has 0 saturated carbocycles. The number of aryl methyl sites for hydroxylation is 1. The van der Waals surface area contributed by atoms with Crippen molar-refractivity contribution in [2.24, 2.45) is 0 Å². The Hall–Kier alpha value is -2.35. The van der Waals surface area contributed by atoms with Crippen LogP contribution in [0, 0.1) is 0 Å². The molecule has 0 radical (unpaired) electrons. The number of rotatable bonds is 10. The zero-order valence-corrected chi connectivity index (χ0v) is 17.2. The molecule has 1 aromatic heterocycles. The van der Waals surface area contributed by atoms with Crippen molar-refractivity contribution in [1.29, 1.82) is 0 Å². The molecule has 30 heavy (non-hydrogen) atoms.